The Hall–Kier alpha value is -8.05. The predicted molar refractivity (Wildman–Crippen MR) is 240 cm³/mol. The first-order valence-corrected chi connectivity index (χ1v) is 20.3. The monoisotopic (exact) mass is 851 g/mol. The topological polar surface area (TPSA) is 48.5 Å². The fourth-order valence-corrected chi connectivity index (χ4v) is 8.76. The lowest BCUT2D eigenvalue weighted by Gasteiger charge is -2.17. The van der Waals surface area contributed by atoms with Crippen molar-refractivity contribution in [1.29, 1.82) is 0 Å². The molecule has 0 aliphatic rings. The maximum Gasteiger partial charge on any atom is 0.416 e. The van der Waals surface area contributed by atoms with Gasteiger partial charge in [0.2, 0.25) is 0 Å². The molecular formula is C53H31F6N5. The molecule has 0 bridgehead atoms. The summed E-state index contributed by atoms with van der Waals surface area (Å²) in [6, 6.07) is 55.2. The summed E-state index contributed by atoms with van der Waals surface area (Å²) < 4.78 is 89.5. The molecule has 0 saturated carbocycles. The second-order valence-electron chi connectivity index (χ2n) is 15.5. The first-order valence-electron chi connectivity index (χ1n) is 20.3. The van der Waals surface area contributed by atoms with Crippen LogP contribution >= 0.6 is 0 Å². The van der Waals surface area contributed by atoms with Crippen molar-refractivity contribution in [3.05, 3.63) is 199 Å². The average Bonchev–Trinajstić information content (AvgIpc) is 3.84. The van der Waals surface area contributed by atoms with Gasteiger partial charge >= 0.3 is 12.4 Å². The van der Waals surface area contributed by atoms with E-state index in [1.165, 1.54) is 12.1 Å². The van der Waals surface area contributed by atoms with E-state index in [9.17, 15) is 26.3 Å². The zero-order chi connectivity index (χ0) is 43.7. The highest BCUT2D eigenvalue weighted by molar-refractivity contribution is 6.16. The van der Waals surface area contributed by atoms with Gasteiger partial charge in [0.25, 0.3) is 0 Å². The Labute approximate surface area is 361 Å². The molecule has 11 heteroatoms. The van der Waals surface area contributed by atoms with Crippen molar-refractivity contribution in [2.75, 3.05) is 0 Å². The molecule has 0 aliphatic heterocycles. The largest absolute Gasteiger partial charge is 0.416 e. The number of aromatic nitrogens is 5. The van der Waals surface area contributed by atoms with E-state index >= 15 is 0 Å². The maximum atomic E-state index is 14.3. The Bertz CT molecular complexity index is 3450. The summed E-state index contributed by atoms with van der Waals surface area (Å²) in [6.07, 6.45) is -9.48. The number of rotatable bonds is 6. The number of alkyl halides is 6. The van der Waals surface area contributed by atoms with Gasteiger partial charge in [-0.3, -0.25) is 0 Å². The highest BCUT2D eigenvalue weighted by Crippen LogP contribution is 2.44. The maximum absolute atomic E-state index is 14.3. The molecule has 11 rings (SSSR count). The Kier molecular flexibility index (Phi) is 8.98. The molecule has 0 saturated heterocycles. The molecule has 8 aromatic carbocycles. The van der Waals surface area contributed by atoms with E-state index in [0.717, 1.165) is 74.0 Å². The van der Waals surface area contributed by atoms with E-state index in [4.69, 9.17) is 15.0 Å². The molecule has 3 heterocycles. The summed E-state index contributed by atoms with van der Waals surface area (Å²) in [5, 5.41) is 2.02. The Morgan fingerprint density at radius 2 is 0.844 bits per heavy atom. The lowest BCUT2D eigenvalue weighted by Crippen LogP contribution is -2.05. The standard InChI is InChI=1S/C53H31F6N5/c54-52(55,56)35-24-27-44-40(30-35)41-31-36(53(57,58)59)25-28-45(41)64(44)46-26-23-34(38-20-12-22-47-48(38)39-19-10-11-21-43(39)63(47)37-17-8-3-9-18-37)29-42(46)51-61-49(32-13-4-1-5-14-32)60-50(62-51)33-15-6-2-7-16-33/h1-31H. The molecule has 0 aliphatic carbocycles. The van der Waals surface area contributed by atoms with Crippen LogP contribution in [0.3, 0.4) is 0 Å². The van der Waals surface area contributed by atoms with Gasteiger partial charge in [-0.1, -0.05) is 115 Å². The van der Waals surface area contributed by atoms with E-state index < -0.39 is 23.5 Å². The smallest absolute Gasteiger partial charge is 0.309 e. The average molecular weight is 852 g/mol. The highest BCUT2D eigenvalue weighted by Gasteiger charge is 2.34. The molecule has 64 heavy (non-hydrogen) atoms. The molecule has 0 amide bonds. The third-order valence-electron chi connectivity index (χ3n) is 11.6. The molecule has 0 atom stereocenters. The van der Waals surface area contributed by atoms with E-state index in [-0.39, 0.29) is 27.6 Å². The van der Waals surface area contributed by atoms with Gasteiger partial charge in [0.05, 0.1) is 38.9 Å². The minimum Gasteiger partial charge on any atom is -0.309 e. The summed E-state index contributed by atoms with van der Waals surface area (Å²) in [5.41, 5.74) is 5.56. The third-order valence-corrected chi connectivity index (χ3v) is 11.6. The summed E-state index contributed by atoms with van der Waals surface area (Å²) in [6.45, 7) is 0. The molecule has 0 radical (unpaired) electrons. The van der Waals surface area contributed by atoms with E-state index in [1.807, 2.05) is 121 Å². The summed E-state index contributed by atoms with van der Waals surface area (Å²) >= 11 is 0. The summed E-state index contributed by atoms with van der Waals surface area (Å²) in [5.74, 6) is 0.999. The zero-order valence-corrected chi connectivity index (χ0v) is 33.4. The van der Waals surface area contributed by atoms with Gasteiger partial charge < -0.3 is 9.13 Å². The number of fused-ring (bicyclic) bond motifs is 6. The number of benzene rings is 8. The van der Waals surface area contributed by atoms with Crippen LogP contribution in [0.2, 0.25) is 0 Å². The van der Waals surface area contributed by atoms with Crippen molar-refractivity contribution in [2.45, 2.75) is 12.4 Å². The molecule has 5 nitrogen and oxygen atoms in total. The van der Waals surface area contributed by atoms with Crippen molar-refractivity contribution < 1.29 is 26.3 Å². The van der Waals surface area contributed by atoms with Gasteiger partial charge in [-0.25, -0.2) is 15.0 Å². The molecular weight excluding hydrogens is 821 g/mol. The quantitative estimate of drug-likeness (QED) is 0.157. The van der Waals surface area contributed by atoms with Crippen LogP contribution in [0.15, 0.2) is 188 Å². The van der Waals surface area contributed by atoms with E-state index in [2.05, 4.69) is 34.9 Å². The molecule has 0 N–H and O–H groups in total. The van der Waals surface area contributed by atoms with E-state index in [1.54, 1.807) is 4.57 Å². The lowest BCUT2D eigenvalue weighted by atomic mass is 9.96. The van der Waals surface area contributed by atoms with Crippen LogP contribution in [-0.2, 0) is 12.4 Å². The van der Waals surface area contributed by atoms with Crippen molar-refractivity contribution in [1.82, 2.24) is 24.1 Å². The van der Waals surface area contributed by atoms with E-state index in [0.29, 0.717) is 22.9 Å². The number of nitrogens with zero attached hydrogens (tertiary/aromatic N) is 5. The first kappa shape index (κ1) is 38.8. The molecule has 310 valence electrons. The van der Waals surface area contributed by atoms with Crippen LogP contribution < -0.4 is 0 Å². The Morgan fingerprint density at radius 3 is 1.42 bits per heavy atom. The fourth-order valence-electron chi connectivity index (χ4n) is 8.76. The molecule has 3 aromatic heterocycles. The SMILES string of the molecule is FC(F)(F)c1ccc2c(c1)c1cc(C(F)(F)F)ccc1n2-c1ccc(-c2cccc3c2c2ccccc2n3-c2ccccc2)cc1-c1nc(-c2ccccc2)nc(-c2ccccc2)n1. The minimum atomic E-state index is -4.74. The lowest BCUT2D eigenvalue weighted by molar-refractivity contribution is -0.138. The zero-order valence-electron chi connectivity index (χ0n) is 33.4. The van der Waals surface area contributed by atoms with Crippen molar-refractivity contribution in [3.63, 3.8) is 0 Å². The molecule has 0 unspecified atom stereocenters. The fraction of sp³-hybridized carbons (Fsp3) is 0.0377. The second-order valence-corrected chi connectivity index (χ2v) is 15.5. The molecule has 0 fully saturated rings. The van der Waals surface area contributed by atoms with Gasteiger partial charge in [-0.15, -0.1) is 0 Å². The molecule has 0 spiro atoms. The van der Waals surface area contributed by atoms with Crippen LogP contribution in [0.1, 0.15) is 11.1 Å². The normalized spacial score (nSPS) is 12.2. The van der Waals surface area contributed by atoms with Crippen molar-refractivity contribution >= 4 is 43.6 Å². The predicted octanol–water partition coefficient (Wildman–Crippen LogP) is 14.8. The summed E-state index contributed by atoms with van der Waals surface area (Å²) in [4.78, 5) is 15.1. The summed E-state index contributed by atoms with van der Waals surface area (Å²) in [7, 11) is 0. The van der Waals surface area contributed by atoms with Gasteiger partial charge in [-0.2, -0.15) is 26.3 Å². The van der Waals surface area contributed by atoms with Crippen LogP contribution in [0.25, 0.3) is 100 Å². The molecule has 11 aromatic rings. The third kappa shape index (κ3) is 6.55. The first-order chi connectivity index (χ1) is 31.0. The number of hydrogen-bond acceptors (Lipinski definition) is 3. The van der Waals surface area contributed by atoms with Crippen LogP contribution in [0.4, 0.5) is 26.3 Å². The number of hydrogen-bond donors (Lipinski definition) is 0. The van der Waals surface area contributed by atoms with Gasteiger partial charge in [0.15, 0.2) is 17.5 Å². The van der Waals surface area contributed by atoms with Crippen LogP contribution in [0, 0.1) is 0 Å². The Morgan fingerprint density at radius 1 is 0.344 bits per heavy atom. The van der Waals surface area contributed by atoms with Gasteiger partial charge in [-0.05, 0) is 83.9 Å². The minimum absolute atomic E-state index is 0.00929. The number of halogens is 6. The van der Waals surface area contributed by atoms with Crippen LogP contribution in [0.5, 0.6) is 0 Å². The highest BCUT2D eigenvalue weighted by atomic mass is 19.4. The second kappa shape index (κ2) is 14.8. The van der Waals surface area contributed by atoms with Crippen LogP contribution in [-0.4, -0.2) is 24.1 Å². The Balaban J connectivity index is 1.24. The van der Waals surface area contributed by atoms with Gasteiger partial charge in [0, 0.05) is 43.9 Å². The van der Waals surface area contributed by atoms with Gasteiger partial charge in [0.1, 0.15) is 0 Å². The number of para-hydroxylation sites is 2. The van der Waals surface area contributed by atoms with Crippen molar-refractivity contribution in [3.8, 4) is 56.7 Å². The van der Waals surface area contributed by atoms with Crippen molar-refractivity contribution in [2.24, 2.45) is 0 Å².